The first-order valence-corrected chi connectivity index (χ1v) is 5.15. The Morgan fingerprint density at radius 1 is 1.56 bits per heavy atom. The molecule has 0 radical (unpaired) electrons. The number of ether oxygens (including phenoxy) is 1. The molecule has 1 heterocycles. The van der Waals surface area contributed by atoms with E-state index in [0.29, 0.717) is 30.1 Å². The summed E-state index contributed by atoms with van der Waals surface area (Å²) in [6.45, 7) is 4.09. The fraction of sp³-hybridized carbons (Fsp3) is 0.308. The minimum Gasteiger partial charge on any atom is -0.491 e. The quantitative estimate of drug-likeness (QED) is 0.681. The Morgan fingerprint density at radius 2 is 2.31 bits per heavy atom. The van der Waals surface area contributed by atoms with Crippen LogP contribution in [0.2, 0.25) is 0 Å². The van der Waals surface area contributed by atoms with Gasteiger partial charge in [0, 0.05) is 5.57 Å². The number of hydrogen-bond acceptors (Lipinski definition) is 2. The summed E-state index contributed by atoms with van der Waals surface area (Å²) in [6, 6.07) is 0. The van der Waals surface area contributed by atoms with Gasteiger partial charge in [0.15, 0.2) is 0 Å². The van der Waals surface area contributed by atoms with Crippen LogP contribution in [0.1, 0.15) is 20.3 Å². The SMILES string of the molecule is C#CC(=C/C)/C=C1/NC(=O)CCO/C1=C/C. The zero-order valence-electron chi connectivity index (χ0n) is 9.54. The van der Waals surface area contributed by atoms with Crippen molar-refractivity contribution in [2.75, 3.05) is 6.61 Å². The lowest BCUT2D eigenvalue weighted by Gasteiger charge is -2.08. The van der Waals surface area contributed by atoms with Crippen LogP contribution >= 0.6 is 0 Å². The number of hydrogen-bond donors (Lipinski definition) is 1. The molecule has 1 aliphatic rings. The van der Waals surface area contributed by atoms with E-state index < -0.39 is 0 Å². The fourth-order valence-electron chi connectivity index (χ4n) is 1.32. The molecule has 1 aliphatic heterocycles. The lowest BCUT2D eigenvalue weighted by atomic mass is 10.2. The largest absolute Gasteiger partial charge is 0.491 e. The van der Waals surface area contributed by atoms with Crippen molar-refractivity contribution in [1.82, 2.24) is 5.32 Å². The molecule has 0 atom stereocenters. The zero-order valence-corrected chi connectivity index (χ0v) is 9.54. The van der Waals surface area contributed by atoms with Crippen molar-refractivity contribution in [3.63, 3.8) is 0 Å². The summed E-state index contributed by atoms with van der Waals surface area (Å²) >= 11 is 0. The highest BCUT2D eigenvalue weighted by molar-refractivity contribution is 5.79. The van der Waals surface area contributed by atoms with E-state index >= 15 is 0 Å². The van der Waals surface area contributed by atoms with Gasteiger partial charge in [-0.1, -0.05) is 12.0 Å². The van der Waals surface area contributed by atoms with Gasteiger partial charge < -0.3 is 10.1 Å². The van der Waals surface area contributed by atoms with Crippen LogP contribution in [-0.4, -0.2) is 12.5 Å². The Hall–Kier alpha value is -1.95. The average molecular weight is 217 g/mol. The molecule has 0 bridgehead atoms. The first-order valence-electron chi connectivity index (χ1n) is 5.15. The normalized spacial score (nSPS) is 22.3. The summed E-state index contributed by atoms with van der Waals surface area (Å²) in [5.74, 6) is 3.12. The summed E-state index contributed by atoms with van der Waals surface area (Å²) in [5.41, 5.74) is 1.33. The van der Waals surface area contributed by atoms with Gasteiger partial charge in [-0.05, 0) is 26.0 Å². The molecule has 1 N–H and O–H groups in total. The molecule has 0 aromatic heterocycles. The highest BCUT2D eigenvalue weighted by Crippen LogP contribution is 2.15. The standard InChI is InChI=1S/C13H15NO2/c1-4-10(5-2)9-11-12(6-3)16-8-7-13(15)14-11/h1,5-6,9H,7-8H2,2-3H3,(H,14,15)/b10-5-,11-9+,12-6+. The predicted octanol–water partition coefficient (Wildman–Crippen LogP) is 1.89. The number of nitrogens with one attached hydrogen (secondary N) is 1. The third-order valence-electron chi connectivity index (χ3n) is 2.17. The zero-order chi connectivity index (χ0) is 12.0. The molecule has 0 aromatic carbocycles. The molecule has 0 spiro atoms. The van der Waals surface area contributed by atoms with Crippen LogP contribution in [0.3, 0.4) is 0 Å². The van der Waals surface area contributed by atoms with E-state index in [4.69, 9.17) is 11.2 Å². The number of carbonyl (C=O) groups is 1. The minimum atomic E-state index is -0.0597. The van der Waals surface area contributed by atoms with Crippen LogP contribution < -0.4 is 5.32 Å². The maximum Gasteiger partial charge on any atom is 0.227 e. The van der Waals surface area contributed by atoms with Gasteiger partial charge in [-0.25, -0.2) is 0 Å². The van der Waals surface area contributed by atoms with Crippen LogP contribution in [-0.2, 0) is 9.53 Å². The third kappa shape index (κ3) is 3.03. The third-order valence-corrected chi connectivity index (χ3v) is 2.17. The monoisotopic (exact) mass is 217 g/mol. The molecule has 3 nitrogen and oxygen atoms in total. The first kappa shape index (κ1) is 12.1. The molecule has 1 amide bonds. The summed E-state index contributed by atoms with van der Waals surface area (Å²) in [6.07, 6.45) is 11.0. The van der Waals surface area contributed by atoms with Crippen LogP contribution in [0, 0.1) is 12.3 Å². The van der Waals surface area contributed by atoms with Crippen LogP contribution in [0.15, 0.2) is 35.3 Å². The van der Waals surface area contributed by atoms with Gasteiger partial charge in [-0.15, -0.1) is 6.42 Å². The second kappa shape index (κ2) is 5.82. The van der Waals surface area contributed by atoms with Gasteiger partial charge in [0.1, 0.15) is 5.76 Å². The van der Waals surface area contributed by atoms with Gasteiger partial charge in [0.25, 0.3) is 0 Å². The first-order chi connectivity index (χ1) is 7.71. The van der Waals surface area contributed by atoms with Crippen molar-refractivity contribution in [2.24, 2.45) is 0 Å². The maximum atomic E-state index is 11.4. The number of amides is 1. The van der Waals surface area contributed by atoms with Gasteiger partial charge in [-0.3, -0.25) is 4.79 Å². The van der Waals surface area contributed by atoms with Gasteiger partial charge in [0.05, 0.1) is 18.7 Å². The highest BCUT2D eigenvalue weighted by atomic mass is 16.5. The second-order valence-corrected chi connectivity index (χ2v) is 3.25. The van der Waals surface area contributed by atoms with E-state index in [9.17, 15) is 4.79 Å². The van der Waals surface area contributed by atoms with Crippen molar-refractivity contribution in [1.29, 1.82) is 0 Å². The molecule has 0 aromatic rings. The van der Waals surface area contributed by atoms with Gasteiger partial charge in [-0.2, -0.15) is 0 Å². The van der Waals surface area contributed by atoms with Crippen molar-refractivity contribution in [2.45, 2.75) is 20.3 Å². The Kier molecular flexibility index (Phi) is 4.41. The topological polar surface area (TPSA) is 38.3 Å². The molecule has 1 fully saturated rings. The second-order valence-electron chi connectivity index (χ2n) is 3.25. The molecule has 16 heavy (non-hydrogen) atoms. The summed E-state index contributed by atoms with van der Waals surface area (Å²) in [7, 11) is 0. The number of allylic oxidation sites excluding steroid dienone is 4. The molecule has 0 aliphatic carbocycles. The van der Waals surface area contributed by atoms with Crippen molar-refractivity contribution in [3.8, 4) is 12.3 Å². The van der Waals surface area contributed by atoms with Crippen LogP contribution in [0.4, 0.5) is 0 Å². The molecule has 84 valence electrons. The Balaban J connectivity index is 3.05. The number of rotatable bonds is 1. The summed E-state index contributed by atoms with van der Waals surface area (Å²) in [4.78, 5) is 11.4. The minimum absolute atomic E-state index is 0.0597. The van der Waals surface area contributed by atoms with E-state index in [1.165, 1.54) is 0 Å². The molecule has 0 unspecified atom stereocenters. The average Bonchev–Trinajstić information content (AvgIpc) is 2.47. The van der Waals surface area contributed by atoms with Gasteiger partial charge in [0.2, 0.25) is 5.91 Å². The molecule has 1 saturated heterocycles. The Bertz CT molecular complexity index is 408. The van der Waals surface area contributed by atoms with Crippen molar-refractivity contribution < 1.29 is 9.53 Å². The lowest BCUT2D eigenvalue weighted by molar-refractivity contribution is -0.120. The molecule has 3 heteroatoms. The van der Waals surface area contributed by atoms with E-state index in [1.807, 2.05) is 13.8 Å². The highest BCUT2D eigenvalue weighted by Gasteiger charge is 2.15. The number of carbonyl (C=O) groups excluding carboxylic acids is 1. The van der Waals surface area contributed by atoms with Crippen molar-refractivity contribution in [3.05, 3.63) is 35.3 Å². The van der Waals surface area contributed by atoms with E-state index in [1.54, 1.807) is 18.2 Å². The Labute approximate surface area is 95.9 Å². The lowest BCUT2D eigenvalue weighted by Crippen LogP contribution is -2.21. The van der Waals surface area contributed by atoms with E-state index in [-0.39, 0.29) is 5.91 Å². The molecular formula is C13H15NO2. The van der Waals surface area contributed by atoms with Gasteiger partial charge >= 0.3 is 0 Å². The summed E-state index contributed by atoms with van der Waals surface area (Å²) < 4.78 is 5.44. The van der Waals surface area contributed by atoms with E-state index in [2.05, 4.69) is 11.2 Å². The predicted molar refractivity (Wildman–Crippen MR) is 63.1 cm³/mol. The molecule has 0 saturated carbocycles. The molecular weight excluding hydrogens is 202 g/mol. The van der Waals surface area contributed by atoms with E-state index in [0.717, 1.165) is 0 Å². The smallest absolute Gasteiger partial charge is 0.227 e. The maximum absolute atomic E-state index is 11.4. The fourth-order valence-corrected chi connectivity index (χ4v) is 1.32. The van der Waals surface area contributed by atoms with Crippen molar-refractivity contribution >= 4 is 5.91 Å². The number of terminal acetylenes is 1. The molecule has 1 rings (SSSR count). The van der Waals surface area contributed by atoms with Crippen LogP contribution in [0.5, 0.6) is 0 Å². The Morgan fingerprint density at radius 3 is 2.88 bits per heavy atom. The summed E-state index contributed by atoms with van der Waals surface area (Å²) in [5, 5.41) is 2.77. The van der Waals surface area contributed by atoms with Crippen LogP contribution in [0.25, 0.3) is 0 Å².